The molecule has 1 aromatic carbocycles. The van der Waals surface area contributed by atoms with Crippen LogP contribution in [0.1, 0.15) is 27.2 Å². The molecule has 0 atom stereocenters. The van der Waals surface area contributed by atoms with E-state index in [9.17, 15) is 4.79 Å². The fraction of sp³-hybridized carbons (Fsp3) is 0.214. The molecule has 1 aliphatic rings. The summed E-state index contributed by atoms with van der Waals surface area (Å²) in [7, 11) is 0. The fourth-order valence-electron chi connectivity index (χ4n) is 2.12. The van der Waals surface area contributed by atoms with E-state index in [4.69, 9.17) is 0 Å². The van der Waals surface area contributed by atoms with Gasteiger partial charge in [0.2, 0.25) is 0 Å². The molecular weight excluding hydrogens is 226 g/mol. The Bertz CT molecular complexity index is 567. The molecule has 1 aromatic heterocycles. The molecule has 4 nitrogen and oxygen atoms in total. The second-order valence-electron chi connectivity index (χ2n) is 4.52. The highest BCUT2D eigenvalue weighted by molar-refractivity contribution is 5.94. The Labute approximate surface area is 105 Å². The Hall–Kier alpha value is -2.23. The fourth-order valence-corrected chi connectivity index (χ4v) is 2.12. The zero-order valence-electron chi connectivity index (χ0n) is 10.1. The van der Waals surface area contributed by atoms with Gasteiger partial charge < -0.3 is 4.90 Å². The molecule has 0 unspecified atom stereocenters. The number of rotatable bonds is 1. The standard InChI is InChI=1S/C14H13N3O/c1-10-2-4-11(5-3-10)14(18)17-7-12-6-15-9-16-13(12)8-17/h2-6,9H,7-8H2,1H3. The van der Waals surface area contributed by atoms with Crippen molar-refractivity contribution in [3.05, 3.63) is 59.2 Å². The maximum Gasteiger partial charge on any atom is 0.254 e. The van der Waals surface area contributed by atoms with Crippen LogP contribution in [0.3, 0.4) is 0 Å². The van der Waals surface area contributed by atoms with E-state index in [1.807, 2.05) is 31.2 Å². The number of fused-ring (bicyclic) bond motifs is 1. The topological polar surface area (TPSA) is 46.1 Å². The number of carbonyl (C=O) groups is 1. The summed E-state index contributed by atoms with van der Waals surface area (Å²) in [6.07, 6.45) is 3.31. The summed E-state index contributed by atoms with van der Waals surface area (Å²) in [5.74, 6) is 0.0491. The number of nitrogens with zero attached hydrogens (tertiary/aromatic N) is 3. The van der Waals surface area contributed by atoms with Crippen LogP contribution in [0.15, 0.2) is 36.8 Å². The molecule has 0 saturated heterocycles. The molecule has 0 saturated carbocycles. The van der Waals surface area contributed by atoms with Gasteiger partial charge in [0.05, 0.1) is 12.2 Å². The van der Waals surface area contributed by atoms with E-state index in [0.717, 1.165) is 22.4 Å². The zero-order chi connectivity index (χ0) is 12.5. The molecule has 0 spiro atoms. The molecule has 0 bridgehead atoms. The summed E-state index contributed by atoms with van der Waals surface area (Å²) in [5, 5.41) is 0. The van der Waals surface area contributed by atoms with Crippen molar-refractivity contribution < 1.29 is 4.79 Å². The number of hydrogen-bond donors (Lipinski definition) is 0. The van der Waals surface area contributed by atoms with E-state index in [0.29, 0.717) is 13.1 Å². The van der Waals surface area contributed by atoms with Crippen LogP contribution in [0, 0.1) is 6.92 Å². The lowest BCUT2D eigenvalue weighted by atomic mass is 10.1. The summed E-state index contributed by atoms with van der Waals surface area (Å²) in [6, 6.07) is 7.64. The molecule has 0 N–H and O–H groups in total. The quantitative estimate of drug-likeness (QED) is 0.764. The molecule has 1 amide bonds. The van der Waals surface area contributed by atoms with E-state index in [2.05, 4.69) is 9.97 Å². The van der Waals surface area contributed by atoms with Gasteiger partial charge in [-0.2, -0.15) is 0 Å². The predicted molar refractivity (Wildman–Crippen MR) is 66.8 cm³/mol. The van der Waals surface area contributed by atoms with Gasteiger partial charge in [0.25, 0.3) is 5.91 Å². The van der Waals surface area contributed by atoms with Gasteiger partial charge in [0.1, 0.15) is 6.33 Å². The molecule has 3 rings (SSSR count). The molecule has 0 aliphatic carbocycles. The van der Waals surface area contributed by atoms with Crippen molar-refractivity contribution in [2.24, 2.45) is 0 Å². The van der Waals surface area contributed by atoms with Crippen LogP contribution in [0.5, 0.6) is 0 Å². The lowest BCUT2D eigenvalue weighted by molar-refractivity contribution is 0.0750. The summed E-state index contributed by atoms with van der Waals surface area (Å²) in [5.41, 5.74) is 3.87. The first-order valence-electron chi connectivity index (χ1n) is 5.88. The summed E-state index contributed by atoms with van der Waals surface area (Å²) >= 11 is 0. The minimum Gasteiger partial charge on any atom is -0.328 e. The van der Waals surface area contributed by atoms with E-state index in [1.165, 1.54) is 6.33 Å². The highest BCUT2D eigenvalue weighted by atomic mass is 16.2. The molecular formula is C14H13N3O. The first kappa shape index (κ1) is 10.9. The van der Waals surface area contributed by atoms with Crippen molar-refractivity contribution in [1.29, 1.82) is 0 Å². The molecule has 4 heteroatoms. The number of hydrogen-bond acceptors (Lipinski definition) is 3. The number of amides is 1. The van der Waals surface area contributed by atoms with E-state index in [1.54, 1.807) is 11.1 Å². The Kier molecular flexibility index (Phi) is 2.55. The van der Waals surface area contributed by atoms with Crippen molar-refractivity contribution >= 4 is 5.91 Å². The van der Waals surface area contributed by atoms with Crippen LogP contribution in [0.4, 0.5) is 0 Å². The third-order valence-electron chi connectivity index (χ3n) is 3.17. The van der Waals surface area contributed by atoms with Gasteiger partial charge in [-0.15, -0.1) is 0 Å². The zero-order valence-corrected chi connectivity index (χ0v) is 10.1. The maximum absolute atomic E-state index is 12.3. The predicted octanol–water partition coefficient (Wildman–Crippen LogP) is 1.94. The third-order valence-corrected chi connectivity index (χ3v) is 3.17. The van der Waals surface area contributed by atoms with Crippen LogP contribution in [0.25, 0.3) is 0 Å². The summed E-state index contributed by atoms with van der Waals surface area (Å²) in [6.45, 7) is 3.18. The smallest absolute Gasteiger partial charge is 0.254 e. The van der Waals surface area contributed by atoms with Crippen molar-refractivity contribution in [3.63, 3.8) is 0 Å². The van der Waals surface area contributed by atoms with Crippen LogP contribution in [-0.4, -0.2) is 20.8 Å². The molecule has 18 heavy (non-hydrogen) atoms. The van der Waals surface area contributed by atoms with Crippen molar-refractivity contribution in [1.82, 2.24) is 14.9 Å². The van der Waals surface area contributed by atoms with Crippen LogP contribution in [-0.2, 0) is 13.1 Å². The van der Waals surface area contributed by atoms with Gasteiger partial charge in [0, 0.05) is 23.9 Å². The normalized spacial score (nSPS) is 13.5. The number of carbonyl (C=O) groups excluding carboxylic acids is 1. The monoisotopic (exact) mass is 239 g/mol. The van der Waals surface area contributed by atoms with Crippen LogP contribution < -0.4 is 0 Å². The molecule has 2 aromatic rings. The average molecular weight is 239 g/mol. The summed E-state index contributed by atoms with van der Waals surface area (Å²) in [4.78, 5) is 22.3. The molecule has 1 aliphatic heterocycles. The van der Waals surface area contributed by atoms with E-state index in [-0.39, 0.29) is 5.91 Å². The van der Waals surface area contributed by atoms with Gasteiger partial charge in [-0.25, -0.2) is 9.97 Å². The first-order valence-corrected chi connectivity index (χ1v) is 5.88. The number of aryl methyl sites for hydroxylation is 1. The lowest BCUT2D eigenvalue weighted by Gasteiger charge is -2.15. The third kappa shape index (κ3) is 1.86. The minimum absolute atomic E-state index is 0.0491. The average Bonchev–Trinajstić information content (AvgIpc) is 2.82. The first-order chi connectivity index (χ1) is 8.74. The van der Waals surface area contributed by atoms with Crippen molar-refractivity contribution in [2.75, 3.05) is 0 Å². The SMILES string of the molecule is Cc1ccc(C(=O)N2Cc3cncnc3C2)cc1. The van der Waals surface area contributed by atoms with Gasteiger partial charge >= 0.3 is 0 Å². The van der Waals surface area contributed by atoms with Gasteiger partial charge in [0.15, 0.2) is 0 Å². The Morgan fingerprint density at radius 2 is 2.00 bits per heavy atom. The van der Waals surface area contributed by atoms with Gasteiger partial charge in [-0.05, 0) is 19.1 Å². The highest BCUT2D eigenvalue weighted by Gasteiger charge is 2.25. The lowest BCUT2D eigenvalue weighted by Crippen LogP contribution is -2.25. The second-order valence-corrected chi connectivity index (χ2v) is 4.52. The van der Waals surface area contributed by atoms with E-state index < -0.39 is 0 Å². The molecule has 0 radical (unpaired) electrons. The molecule has 0 fully saturated rings. The Morgan fingerprint density at radius 1 is 1.22 bits per heavy atom. The molecule has 90 valence electrons. The van der Waals surface area contributed by atoms with Crippen LogP contribution >= 0.6 is 0 Å². The number of benzene rings is 1. The Balaban J connectivity index is 1.82. The number of aromatic nitrogens is 2. The van der Waals surface area contributed by atoms with E-state index >= 15 is 0 Å². The van der Waals surface area contributed by atoms with Gasteiger partial charge in [-0.3, -0.25) is 4.79 Å². The highest BCUT2D eigenvalue weighted by Crippen LogP contribution is 2.21. The Morgan fingerprint density at radius 3 is 2.72 bits per heavy atom. The van der Waals surface area contributed by atoms with Crippen LogP contribution in [0.2, 0.25) is 0 Å². The maximum atomic E-state index is 12.3. The summed E-state index contributed by atoms with van der Waals surface area (Å²) < 4.78 is 0. The van der Waals surface area contributed by atoms with Crippen molar-refractivity contribution in [3.8, 4) is 0 Å². The minimum atomic E-state index is 0.0491. The van der Waals surface area contributed by atoms with Crippen molar-refractivity contribution in [2.45, 2.75) is 20.0 Å². The van der Waals surface area contributed by atoms with Gasteiger partial charge in [-0.1, -0.05) is 17.7 Å². The second kappa shape index (κ2) is 4.22. The largest absolute Gasteiger partial charge is 0.328 e. The molecule has 2 heterocycles.